The van der Waals surface area contributed by atoms with E-state index in [0.29, 0.717) is 0 Å². The Morgan fingerprint density at radius 3 is 2.27 bits per heavy atom. The van der Waals surface area contributed by atoms with Crippen LogP contribution in [0.2, 0.25) is 0 Å². The van der Waals surface area contributed by atoms with Gasteiger partial charge in [-0.15, -0.1) is 0 Å². The lowest BCUT2D eigenvalue weighted by atomic mass is 9.84. The Morgan fingerprint density at radius 2 is 1.67 bits per heavy atom. The zero-order chi connectivity index (χ0) is 11.1. The largest absolute Gasteiger partial charge is 0.287 e. The van der Waals surface area contributed by atoms with E-state index in [4.69, 9.17) is 10.5 Å². The predicted molar refractivity (Wildman–Crippen MR) is 48.7 cm³/mol. The number of rotatable bonds is 0. The molecular formula is C11H4N2O2. The maximum Gasteiger partial charge on any atom is 0.242 e. The summed E-state index contributed by atoms with van der Waals surface area (Å²) in [6, 6.07) is 9.36. The van der Waals surface area contributed by atoms with Gasteiger partial charge in [0.1, 0.15) is 0 Å². The van der Waals surface area contributed by atoms with Crippen molar-refractivity contribution >= 4 is 11.6 Å². The molecule has 70 valence electrons. The maximum absolute atomic E-state index is 11.6. The number of ketones is 2. The molecule has 0 bridgehead atoms. The van der Waals surface area contributed by atoms with E-state index in [9.17, 15) is 9.59 Å². The normalized spacial score (nSPS) is 16.7. The topological polar surface area (TPSA) is 81.7 Å². The molecule has 4 heteroatoms. The molecular weight excluding hydrogens is 192 g/mol. The lowest BCUT2D eigenvalue weighted by Crippen LogP contribution is -2.30. The molecule has 0 saturated carbocycles. The van der Waals surface area contributed by atoms with Crippen LogP contribution in [0.1, 0.15) is 15.9 Å². The zero-order valence-electron chi connectivity index (χ0n) is 7.52. The van der Waals surface area contributed by atoms with Gasteiger partial charge < -0.3 is 0 Å². The van der Waals surface area contributed by atoms with E-state index in [0.717, 1.165) is 0 Å². The van der Waals surface area contributed by atoms with E-state index in [1.165, 1.54) is 12.1 Å². The van der Waals surface area contributed by atoms with Gasteiger partial charge in [0.15, 0.2) is 0 Å². The molecule has 4 nitrogen and oxygen atoms in total. The van der Waals surface area contributed by atoms with Crippen LogP contribution in [0.5, 0.6) is 0 Å². The Kier molecular flexibility index (Phi) is 1.68. The van der Waals surface area contributed by atoms with Crippen LogP contribution in [0, 0.1) is 22.7 Å². The molecule has 1 aromatic rings. The Balaban J connectivity index is 2.85. The Morgan fingerprint density at radius 1 is 1.07 bits per heavy atom. The van der Waals surface area contributed by atoms with Gasteiger partial charge in [0.05, 0.1) is 12.1 Å². The van der Waals surface area contributed by atoms with E-state index in [-0.39, 0.29) is 11.1 Å². The van der Waals surface area contributed by atoms with Gasteiger partial charge >= 0.3 is 0 Å². The lowest BCUT2D eigenvalue weighted by Gasteiger charge is -2.07. The molecule has 0 heterocycles. The quantitative estimate of drug-likeness (QED) is 0.573. The number of fused-ring (bicyclic) bond motifs is 1. The van der Waals surface area contributed by atoms with E-state index in [2.05, 4.69) is 0 Å². The summed E-state index contributed by atoms with van der Waals surface area (Å²) in [6.45, 7) is 0. The van der Waals surface area contributed by atoms with Gasteiger partial charge in [0.25, 0.3) is 0 Å². The van der Waals surface area contributed by atoms with E-state index >= 15 is 0 Å². The molecule has 1 aliphatic carbocycles. The number of carbonyl (C=O) groups is 2. The van der Waals surface area contributed by atoms with Gasteiger partial charge in [-0.05, 0) is 0 Å². The van der Waals surface area contributed by atoms with Crippen LogP contribution in [0.4, 0.5) is 0 Å². The summed E-state index contributed by atoms with van der Waals surface area (Å²) in [6.07, 6.45) is 0. The molecule has 0 amide bonds. The van der Waals surface area contributed by atoms with Crippen LogP contribution in [0.25, 0.3) is 0 Å². The summed E-state index contributed by atoms with van der Waals surface area (Å²) in [7, 11) is 0. The minimum absolute atomic E-state index is 0.158. The minimum atomic E-state index is -1.94. The molecule has 0 fully saturated rings. The number of hydrogen-bond donors (Lipinski definition) is 0. The fourth-order valence-corrected chi connectivity index (χ4v) is 1.67. The molecule has 0 N–H and O–H groups in total. The summed E-state index contributed by atoms with van der Waals surface area (Å²) in [5.74, 6) is -1.71. The third-order valence-electron chi connectivity index (χ3n) is 2.46. The highest BCUT2D eigenvalue weighted by Crippen LogP contribution is 2.35. The molecule has 1 aromatic carbocycles. The summed E-state index contributed by atoms with van der Waals surface area (Å²) in [5.41, 5.74) is -1.58. The first kappa shape index (κ1) is 9.11. The Labute approximate surface area is 85.4 Å². The third kappa shape index (κ3) is 0.880. The summed E-state index contributed by atoms with van der Waals surface area (Å²) < 4.78 is 0. The van der Waals surface area contributed by atoms with Gasteiger partial charge in [0, 0.05) is 11.1 Å². The van der Waals surface area contributed by atoms with E-state index in [1.54, 1.807) is 24.3 Å². The van der Waals surface area contributed by atoms with E-state index in [1.807, 2.05) is 0 Å². The second-order valence-corrected chi connectivity index (χ2v) is 3.18. The molecule has 0 saturated heterocycles. The number of Topliss-reactive ketones (excluding diaryl/α,β-unsaturated/α-hetero) is 2. The van der Waals surface area contributed by atoms with Gasteiger partial charge in [-0.2, -0.15) is 10.5 Å². The average molecular weight is 196 g/mol. The Bertz CT molecular complexity index is 547. The van der Waals surface area contributed by atoms with Crippen LogP contribution < -0.4 is 0 Å². The van der Waals surface area contributed by atoms with Crippen molar-refractivity contribution in [1.82, 2.24) is 0 Å². The fourth-order valence-electron chi connectivity index (χ4n) is 1.67. The number of hydrogen-bond acceptors (Lipinski definition) is 4. The van der Waals surface area contributed by atoms with Crippen LogP contribution >= 0.6 is 0 Å². The van der Waals surface area contributed by atoms with Crippen LogP contribution in [0.15, 0.2) is 24.3 Å². The number of benzene rings is 1. The van der Waals surface area contributed by atoms with Gasteiger partial charge in [-0.1, -0.05) is 24.3 Å². The van der Waals surface area contributed by atoms with Crippen LogP contribution in [0.3, 0.4) is 0 Å². The Hall–Kier alpha value is -2.46. The molecule has 15 heavy (non-hydrogen) atoms. The highest BCUT2D eigenvalue weighted by Gasteiger charge is 2.52. The molecule has 0 atom stereocenters. The van der Waals surface area contributed by atoms with Gasteiger partial charge in [-0.25, -0.2) is 0 Å². The minimum Gasteiger partial charge on any atom is -0.287 e. The average Bonchev–Trinajstić information content (AvgIpc) is 2.51. The first-order valence-corrected chi connectivity index (χ1v) is 4.18. The van der Waals surface area contributed by atoms with Crippen molar-refractivity contribution in [3.8, 4) is 12.1 Å². The second kappa shape index (κ2) is 2.76. The molecule has 0 aliphatic heterocycles. The number of nitrogens with zero attached hydrogens (tertiary/aromatic N) is 2. The lowest BCUT2D eigenvalue weighted by molar-refractivity contribution is -0.116. The summed E-state index contributed by atoms with van der Waals surface area (Å²) in [5, 5.41) is 17.8. The van der Waals surface area contributed by atoms with E-state index < -0.39 is 17.0 Å². The highest BCUT2D eigenvalue weighted by molar-refractivity contribution is 6.51. The molecule has 0 spiro atoms. The number of carbonyl (C=O) groups excluding carboxylic acids is 2. The van der Waals surface area contributed by atoms with Crippen molar-refractivity contribution in [2.75, 3.05) is 0 Å². The van der Waals surface area contributed by atoms with Crippen molar-refractivity contribution in [1.29, 1.82) is 10.5 Å². The van der Waals surface area contributed by atoms with Gasteiger partial charge in [-0.3, -0.25) is 9.59 Å². The van der Waals surface area contributed by atoms with Crippen molar-refractivity contribution in [2.45, 2.75) is 5.41 Å². The standard InChI is InChI=1S/C11H4N2O2/c12-5-11(6-13)8-4-2-1-3-7(8)9(14)10(11)15/h1-4H. The summed E-state index contributed by atoms with van der Waals surface area (Å²) >= 11 is 0. The van der Waals surface area contributed by atoms with Crippen LogP contribution in [-0.4, -0.2) is 11.6 Å². The molecule has 1 aliphatic rings. The highest BCUT2D eigenvalue weighted by atomic mass is 16.2. The van der Waals surface area contributed by atoms with Crippen molar-refractivity contribution in [2.24, 2.45) is 0 Å². The van der Waals surface area contributed by atoms with Crippen LogP contribution in [-0.2, 0) is 10.2 Å². The van der Waals surface area contributed by atoms with Crippen molar-refractivity contribution < 1.29 is 9.59 Å². The molecule has 0 aromatic heterocycles. The first-order chi connectivity index (χ1) is 7.17. The van der Waals surface area contributed by atoms with Gasteiger partial charge in [0.2, 0.25) is 17.0 Å². The smallest absolute Gasteiger partial charge is 0.242 e. The first-order valence-electron chi connectivity index (χ1n) is 4.18. The monoisotopic (exact) mass is 196 g/mol. The predicted octanol–water partition coefficient (Wildman–Crippen LogP) is 0.737. The summed E-state index contributed by atoms with van der Waals surface area (Å²) in [4.78, 5) is 23.0. The fraction of sp³-hybridized carbons (Fsp3) is 0.0909. The maximum atomic E-state index is 11.6. The third-order valence-corrected chi connectivity index (χ3v) is 2.46. The molecule has 2 rings (SSSR count). The molecule has 0 radical (unpaired) electrons. The molecule has 0 unspecified atom stereocenters. The van der Waals surface area contributed by atoms with Crippen molar-refractivity contribution in [3.05, 3.63) is 35.4 Å². The number of nitriles is 2. The second-order valence-electron chi connectivity index (χ2n) is 3.18. The SMILES string of the molecule is N#CC1(C#N)C(=O)C(=O)c2ccccc21. The van der Waals surface area contributed by atoms with Crippen molar-refractivity contribution in [3.63, 3.8) is 0 Å². The zero-order valence-corrected chi connectivity index (χ0v) is 7.52.